The quantitative estimate of drug-likeness (QED) is 0.386. The van der Waals surface area contributed by atoms with Crippen LogP contribution in [0.15, 0.2) is 12.7 Å². The van der Waals surface area contributed by atoms with Gasteiger partial charge in [0, 0.05) is 14.9 Å². The van der Waals surface area contributed by atoms with E-state index in [1.807, 2.05) is 0 Å². The van der Waals surface area contributed by atoms with E-state index in [0.29, 0.717) is 0 Å². The minimum absolute atomic E-state index is 0.171. The third-order valence-corrected chi connectivity index (χ3v) is 2.97. The Morgan fingerprint density at radius 1 is 1.58 bits per heavy atom. The first-order valence-electron chi connectivity index (χ1n) is 4.28. The standard InChI is InChI=1S/C5H14Si.C4H6O2/c1-4-5-6(2)3;1-3-4(5)6-2/h6H,4-5H2,1-3H3;3H,1H2,2H3. The van der Waals surface area contributed by atoms with Crippen LogP contribution in [0.1, 0.15) is 13.3 Å². The highest BCUT2D eigenvalue weighted by molar-refractivity contribution is 6.55. The van der Waals surface area contributed by atoms with Crippen molar-refractivity contribution < 1.29 is 9.53 Å². The van der Waals surface area contributed by atoms with Crippen molar-refractivity contribution in [3.8, 4) is 0 Å². The first kappa shape index (κ1) is 14.0. The van der Waals surface area contributed by atoms with E-state index in [0.717, 1.165) is 6.08 Å². The molecule has 0 aliphatic rings. The second-order valence-electron chi connectivity index (χ2n) is 2.91. The SMILES string of the molecule is C=CC(=O)OC.CCC[SiH](C)C. The highest BCUT2D eigenvalue weighted by Crippen LogP contribution is 1.92. The van der Waals surface area contributed by atoms with Gasteiger partial charge in [-0.25, -0.2) is 4.79 Å². The lowest BCUT2D eigenvalue weighted by Gasteiger charge is -1.93. The second kappa shape index (κ2) is 10.4. The van der Waals surface area contributed by atoms with Crippen LogP contribution in [0.5, 0.6) is 0 Å². The minimum atomic E-state index is -0.394. The summed E-state index contributed by atoms with van der Waals surface area (Å²) in [5.74, 6) is -0.394. The Morgan fingerprint density at radius 2 is 2.08 bits per heavy atom. The molecule has 0 saturated heterocycles. The number of hydrogen-bond acceptors (Lipinski definition) is 2. The largest absolute Gasteiger partial charge is 0.466 e. The fourth-order valence-corrected chi connectivity index (χ4v) is 1.82. The molecule has 72 valence electrons. The Hall–Kier alpha value is -0.573. The van der Waals surface area contributed by atoms with Crippen LogP contribution in [0.4, 0.5) is 0 Å². The van der Waals surface area contributed by atoms with Crippen molar-refractivity contribution in [2.45, 2.75) is 32.5 Å². The molecule has 0 amide bonds. The molecule has 0 bridgehead atoms. The Balaban J connectivity index is 0. The van der Waals surface area contributed by atoms with Crippen molar-refractivity contribution in [3.05, 3.63) is 12.7 Å². The predicted molar refractivity (Wildman–Crippen MR) is 56.2 cm³/mol. The van der Waals surface area contributed by atoms with Crippen LogP contribution in [0, 0.1) is 0 Å². The molecule has 12 heavy (non-hydrogen) atoms. The predicted octanol–water partition coefficient (Wildman–Crippen LogP) is 2.23. The van der Waals surface area contributed by atoms with Crippen molar-refractivity contribution in [1.82, 2.24) is 0 Å². The monoisotopic (exact) mass is 188 g/mol. The molecule has 0 saturated carbocycles. The van der Waals surface area contributed by atoms with Gasteiger partial charge in [0.2, 0.25) is 0 Å². The summed E-state index contributed by atoms with van der Waals surface area (Å²) in [5, 5.41) is 0. The summed E-state index contributed by atoms with van der Waals surface area (Å²) in [4.78, 5) is 9.84. The summed E-state index contributed by atoms with van der Waals surface area (Å²) in [5.41, 5.74) is 0. The molecule has 0 aliphatic carbocycles. The van der Waals surface area contributed by atoms with Crippen LogP contribution in [0.3, 0.4) is 0 Å². The van der Waals surface area contributed by atoms with Crippen molar-refractivity contribution in [1.29, 1.82) is 0 Å². The molecule has 2 nitrogen and oxygen atoms in total. The van der Waals surface area contributed by atoms with Crippen LogP contribution in [-0.2, 0) is 9.53 Å². The highest BCUT2D eigenvalue weighted by Gasteiger charge is 1.88. The molecular weight excluding hydrogens is 168 g/mol. The van der Waals surface area contributed by atoms with E-state index in [4.69, 9.17) is 0 Å². The summed E-state index contributed by atoms with van der Waals surface area (Å²) in [6.07, 6.45) is 2.50. The maximum Gasteiger partial charge on any atom is 0.329 e. The fourth-order valence-electron chi connectivity index (χ4n) is 0.661. The number of carbonyl (C=O) groups excluding carboxylic acids is 1. The lowest BCUT2D eigenvalue weighted by molar-refractivity contribution is -0.134. The van der Waals surface area contributed by atoms with Crippen molar-refractivity contribution >= 4 is 14.8 Å². The maximum atomic E-state index is 9.84. The summed E-state index contributed by atoms with van der Waals surface area (Å²) in [6, 6.07) is 1.51. The Morgan fingerprint density at radius 3 is 2.08 bits per heavy atom. The lowest BCUT2D eigenvalue weighted by atomic mass is 10.6. The van der Waals surface area contributed by atoms with Crippen LogP contribution >= 0.6 is 0 Å². The first-order chi connectivity index (χ1) is 5.58. The summed E-state index contributed by atoms with van der Waals surface area (Å²) in [6.45, 7) is 10.2. The van der Waals surface area contributed by atoms with E-state index in [2.05, 4.69) is 31.3 Å². The number of carbonyl (C=O) groups is 1. The van der Waals surface area contributed by atoms with Gasteiger partial charge in [-0.2, -0.15) is 0 Å². The molecule has 0 rings (SSSR count). The topological polar surface area (TPSA) is 26.3 Å². The number of methoxy groups -OCH3 is 1. The third-order valence-electron chi connectivity index (χ3n) is 1.23. The van der Waals surface area contributed by atoms with Gasteiger partial charge in [0.25, 0.3) is 0 Å². The van der Waals surface area contributed by atoms with E-state index in [9.17, 15) is 4.79 Å². The lowest BCUT2D eigenvalue weighted by Crippen LogP contribution is -1.95. The zero-order valence-electron chi connectivity index (χ0n) is 8.59. The average Bonchev–Trinajstić information content (AvgIpc) is 2.04. The molecule has 0 fully saturated rings. The molecule has 0 spiro atoms. The number of ether oxygens (including phenoxy) is 1. The highest BCUT2D eigenvalue weighted by atomic mass is 28.3. The molecular formula is C9H20O2Si. The van der Waals surface area contributed by atoms with Crippen LogP contribution in [0.2, 0.25) is 19.1 Å². The van der Waals surface area contributed by atoms with Gasteiger partial charge < -0.3 is 4.74 Å². The second-order valence-corrected chi connectivity index (χ2v) is 6.27. The molecule has 3 heteroatoms. The molecule has 0 N–H and O–H groups in total. The number of esters is 1. The van der Waals surface area contributed by atoms with E-state index in [1.54, 1.807) is 0 Å². The Kier molecular flexibility index (Phi) is 12.1. The van der Waals surface area contributed by atoms with Crippen molar-refractivity contribution in [2.24, 2.45) is 0 Å². The summed E-state index contributed by atoms with van der Waals surface area (Å²) >= 11 is 0. The van der Waals surface area contributed by atoms with Gasteiger partial charge in [-0.05, 0) is 0 Å². The van der Waals surface area contributed by atoms with E-state index in [-0.39, 0.29) is 8.80 Å². The molecule has 0 aliphatic heterocycles. The molecule has 0 aromatic rings. The van der Waals surface area contributed by atoms with Crippen LogP contribution < -0.4 is 0 Å². The first-order valence-corrected chi connectivity index (χ1v) is 7.41. The molecule has 0 atom stereocenters. The van der Waals surface area contributed by atoms with E-state index >= 15 is 0 Å². The fraction of sp³-hybridized carbons (Fsp3) is 0.667. The van der Waals surface area contributed by atoms with Gasteiger partial charge in [-0.3, -0.25) is 0 Å². The van der Waals surface area contributed by atoms with Gasteiger partial charge in [-0.1, -0.05) is 39.1 Å². The summed E-state index contributed by atoms with van der Waals surface area (Å²) < 4.78 is 4.14. The molecule has 0 radical (unpaired) electrons. The van der Waals surface area contributed by atoms with Gasteiger partial charge in [0.05, 0.1) is 7.11 Å². The van der Waals surface area contributed by atoms with Gasteiger partial charge in [-0.15, -0.1) is 0 Å². The van der Waals surface area contributed by atoms with Crippen LogP contribution in [0.25, 0.3) is 0 Å². The van der Waals surface area contributed by atoms with Crippen molar-refractivity contribution in [2.75, 3.05) is 7.11 Å². The van der Waals surface area contributed by atoms with Gasteiger partial charge >= 0.3 is 5.97 Å². The third kappa shape index (κ3) is 16.2. The molecule has 0 heterocycles. The summed E-state index contributed by atoms with van der Waals surface area (Å²) in [7, 11) is 1.14. The average molecular weight is 188 g/mol. The zero-order valence-corrected chi connectivity index (χ0v) is 9.75. The van der Waals surface area contributed by atoms with E-state index < -0.39 is 5.97 Å². The molecule has 0 aromatic heterocycles. The normalized spacial score (nSPS) is 8.42. The minimum Gasteiger partial charge on any atom is -0.466 e. The number of hydrogen-bond donors (Lipinski definition) is 0. The number of rotatable bonds is 3. The van der Waals surface area contributed by atoms with E-state index in [1.165, 1.54) is 19.6 Å². The Labute approximate surface area is 77.2 Å². The molecule has 0 unspecified atom stereocenters. The smallest absolute Gasteiger partial charge is 0.329 e. The Bertz CT molecular complexity index is 122. The van der Waals surface area contributed by atoms with Crippen molar-refractivity contribution in [3.63, 3.8) is 0 Å². The molecule has 0 aromatic carbocycles. The van der Waals surface area contributed by atoms with Gasteiger partial charge in [0.15, 0.2) is 0 Å². The maximum absolute atomic E-state index is 9.84. The van der Waals surface area contributed by atoms with Gasteiger partial charge in [0.1, 0.15) is 0 Å². The van der Waals surface area contributed by atoms with Crippen LogP contribution in [-0.4, -0.2) is 21.9 Å². The zero-order chi connectivity index (χ0) is 9.98.